The third kappa shape index (κ3) is 5.04. The summed E-state index contributed by atoms with van der Waals surface area (Å²) in [6.45, 7) is 2.38. The maximum atomic E-state index is 12.3. The largest absolute Gasteiger partial charge is 0.350 e. The highest BCUT2D eigenvalue weighted by atomic mass is 35.5. The second-order valence-corrected chi connectivity index (χ2v) is 9.42. The molecule has 31 heavy (non-hydrogen) atoms. The van der Waals surface area contributed by atoms with Crippen LogP contribution in [-0.4, -0.2) is 27.2 Å². The first-order chi connectivity index (χ1) is 14.9. The molecule has 3 aromatic heterocycles. The van der Waals surface area contributed by atoms with Gasteiger partial charge < -0.3 is 5.32 Å². The van der Waals surface area contributed by atoms with Crippen LogP contribution in [0.1, 0.15) is 16.1 Å². The smallest absolute Gasteiger partial charge is 0.266 e. The molecule has 0 bridgehead atoms. The van der Waals surface area contributed by atoms with E-state index in [-0.39, 0.29) is 24.6 Å². The Morgan fingerprint density at radius 3 is 2.65 bits per heavy atom. The van der Waals surface area contributed by atoms with Crippen LogP contribution in [0.4, 0.5) is 0 Å². The standard InChI is InChI=1S/C21H16Cl2N4O2S2/c1-12-19(31-21(25-12)17-3-2-8-30-17)16-4-5-18(28)27(26-16)7-6-24-20(29)13-9-14(22)11-15(23)10-13/h2-5,8-11H,6-7H2,1H3,(H,24,29). The van der Waals surface area contributed by atoms with Crippen LogP contribution in [0.3, 0.4) is 0 Å². The molecule has 6 nitrogen and oxygen atoms in total. The second-order valence-electron chi connectivity index (χ2n) is 6.60. The zero-order valence-electron chi connectivity index (χ0n) is 16.3. The minimum absolute atomic E-state index is 0.224. The number of thiophene rings is 1. The fourth-order valence-electron chi connectivity index (χ4n) is 2.93. The lowest BCUT2D eigenvalue weighted by molar-refractivity contribution is 0.0951. The van der Waals surface area contributed by atoms with E-state index in [2.05, 4.69) is 15.4 Å². The SMILES string of the molecule is Cc1nc(-c2cccs2)sc1-c1ccc(=O)n(CCNC(=O)c2cc(Cl)cc(Cl)c2)n1. The van der Waals surface area contributed by atoms with Crippen LogP contribution in [0.5, 0.6) is 0 Å². The number of nitrogens with zero attached hydrogens (tertiary/aromatic N) is 3. The monoisotopic (exact) mass is 490 g/mol. The average Bonchev–Trinajstić information content (AvgIpc) is 3.38. The normalized spacial score (nSPS) is 10.9. The van der Waals surface area contributed by atoms with Crippen molar-refractivity contribution in [2.75, 3.05) is 6.54 Å². The first kappa shape index (κ1) is 21.7. The van der Waals surface area contributed by atoms with Crippen molar-refractivity contribution in [2.45, 2.75) is 13.5 Å². The molecule has 158 valence electrons. The molecule has 0 atom stereocenters. The fourth-order valence-corrected chi connectivity index (χ4v) is 5.29. The second kappa shape index (κ2) is 9.32. The van der Waals surface area contributed by atoms with Crippen LogP contribution < -0.4 is 10.9 Å². The number of halogens is 2. The zero-order chi connectivity index (χ0) is 22.0. The Morgan fingerprint density at radius 1 is 1.16 bits per heavy atom. The minimum atomic E-state index is -0.326. The van der Waals surface area contributed by atoms with Gasteiger partial charge >= 0.3 is 0 Å². The number of aromatic nitrogens is 3. The summed E-state index contributed by atoms with van der Waals surface area (Å²) in [6, 6.07) is 11.8. The lowest BCUT2D eigenvalue weighted by Gasteiger charge is -2.09. The van der Waals surface area contributed by atoms with Crippen molar-refractivity contribution in [1.29, 1.82) is 0 Å². The van der Waals surface area contributed by atoms with Crippen LogP contribution in [0.2, 0.25) is 10.0 Å². The summed E-state index contributed by atoms with van der Waals surface area (Å²) in [7, 11) is 0. The maximum Gasteiger partial charge on any atom is 0.266 e. The van der Waals surface area contributed by atoms with Crippen molar-refractivity contribution in [3.8, 4) is 20.5 Å². The van der Waals surface area contributed by atoms with Gasteiger partial charge in [-0.1, -0.05) is 29.3 Å². The summed E-state index contributed by atoms with van der Waals surface area (Å²) < 4.78 is 1.34. The number of carbonyl (C=O) groups excluding carboxylic acids is 1. The summed E-state index contributed by atoms with van der Waals surface area (Å²) in [5.41, 5.74) is 1.64. The molecular weight excluding hydrogens is 475 g/mol. The van der Waals surface area contributed by atoms with Crippen LogP contribution in [-0.2, 0) is 6.54 Å². The molecule has 10 heteroatoms. The van der Waals surface area contributed by atoms with E-state index in [9.17, 15) is 9.59 Å². The third-order valence-electron chi connectivity index (χ3n) is 4.36. The molecule has 0 aliphatic carbocycles. The lowest BCUT2D eigenvalue weighted by Crippen LogP contribution is -2.31. The highest BCUT2D eigenvalue weighted by molar-refractivity contribution is 7.23. The first-order valence-electron chi connectivity index (χ1n) is 9.25. The van der Waals surface area contributed by atoms with Crippen LogP contribution in [0.15, 0.2) is 52.6 Å². The van der Waals surface area contributed by atoms with E-state index in [0.717, 1.165) is 20.5 Å². The van der Waals surface area contributed by atoms with Gasteiger partial charge in [0.2, 0.25) is 0 Å². The van der Waals surface area contributed by atoms with E-state index in [1.165, 1.54) is 22.9 Å². The number of hydrogen-bond acceptors (Lipinski definition) is 6. The Kier molecular flexibility index (Phi) is 6.52. The van der Waals surface area contributed by atoms with Gasteiger partial charge in [0.1, 0.15) is 10.7 Å². The topological polar surface area (TPSA) is 76.9 Å². The lowest BCUT2D eigenvalue weighted by atomic mass is 10.2. The quantitative estimate of drug-likeness (QED) is 0.405. The average molecular weight is 491 g/mol. The molecule has 3 heterocycles. The number of hydrogen-bond donors (Lipinski definition) is 1. The van der Waals surface area contributed by atoms with Crippen molar-refractivity contribution < 1.29 is 4.79 Å². The van der Waals surface area contributed by atoms with Crippen LogP contribution in [0.25, 0.3) is 20.5 Å². The summed E-state index contributed by atoms with van der Waals surface area (Å²) in [5.74, 6) is -0.326. The minimum Gasteiger partial charge on any atom is -0.350 e. The molecule has 0 fully saturated rings. The summed E-state index contributed by atoms with van der Waals surface area (Å²) in [5, 5.41) is 10.9. The molecular formula is C21H16Cl2N4O2S2. The molecule has 0 aliphatic heterocycles. The van der Waals surface area contributed by atoms with Crippen molar-refractivity contribution in [3.63, 3.8) is 0 Å². The summed E-state index contributed by atoms with van der Waals surface area (Å²) in [4.78, 5) is 31.2. The summed E-state index contributed by atoms with van der Waals surface area (Å²) >= 11 is 15.1. The Labute approximate surface area is 196 Å². The van der Waals surface area contributed by atoms with Crippen molar-refractivity contribution in [3.05, 3.63) is 79.5 Å². The predicted molar refractivity (Wildman–Crippen MR) is 126 cm³/mol. The number of amides is 1. The van der Waals surface area contributed by atoms with Crippen molar-refractivity contribution >= 4 is 51.8 Å². The summed E-state index contributed by atoms with van der Waals surface area (Å²) in [6.07, 6.45) is 0. The highest BCUT2D eigenvalue weighted by Crippen LogP contribution is 2.35. The number of nitrogens with one attached hydrogen (secondary N) is 1. The molecule has 0 spiro atoms. The van der Waals surface area contributed by atoms with E-state index in [0.29, 0.717) is 21.3 Å². The predicted octanol–water partition coefficient (Wildman–Crippen LogP) is 5.14. The number of rotatable bonds is 6. The molecule has 0 saturated carbocycles. The molecule has 1 aromatic carbocycles. The number of carbonyl (C=O) groups is 1. The van der Waals surface area contributed by atoms with E-state index >= 15 is 0 Å². The zero-order valence-corrected chi connectivity index (χ0v) is 19.4. The van der Waals surface area contributed by atoms with E-state index in [1.807, 2.05) is 24.4 Å². The Hall–Kier alpha value is -2.52. The van der Waals surface area contributed by atoms with E-state index in [1.54, 1.807) is 34.8 Å². The van der Waals surface area contributed by atoms with Gasteiger partial charge in [0, 0.05) is 28.2 Å². The van der Waals surface area contributed by atoms with Gasteiger partial charge in [0.15, 0.2) is 0 Å². The van der Waals surface area contributed by atoms with Gasteiger partial charge in [-0.2, -0.15) is 5.10 Å². The first-order valence-corrected chi connectivity index (χ1v) is 11.7. The number of thiazole rings is 1. The van der Waals surface area contributed by atoms with E-state index < -0.39 is 0 Å². The van der Waals surface area contributed by atoms with Crippen molar-refractivity contribution in [1.82, 2.24) is 20.1 Å². The molecule has 4 aromatic rings. The van der Waals surface area contributed by atoms with Gasteiger partial charge in [-0.05, 0) is 42.6 Å². The molecule has 4 rings (SSSR count). The number of aryl methyl sites for hydroxylation is 1. The van der Waals surface area contributed by atoms with Gasteiger partial charge in [0.25, 0.3) is 11.5 Å². The Balaban J connectivity index is 1.49. The fraction of sp³-hybridized carbons (Fsp3) is 0.143. The Morgan fingerprint density at radius 2 is 1.94 bits per heavy atom. The maximum absolute atomic E-state index is 12.3. The molecule has 0 radical (unpaired) electrons. The molecule has 0 aliphatic rings. The molecule has 1 N–H and O–H groups in total. The van der Waals surface area contributed by atoms with Crippen LogP contribution in [0, 0.1) is 6.92 Å². The molecule has 0 saturated heterocycles. The Bertz CT molecular complexity index is 1280. The number of benzene rings is 1. The van der Waals surface area contributed by atoms with Gasteiger partial charge in [-0.3, -0.25) is 9.59 Å². The van der Waals surface area contributed by atoms with Gasteiger partial charge in [-0.25, -0.2) is 9.67 Å². The van der Waals surface area contributed by atoms with Gasteiger partial charge in [0.05, 0.1) is 22.0 Å². The van der Waals surface area contributed by atoms with Gasteiger partial charge in [-0.15, -0.1) is 22.7 Å². The molecule has 1 amide bonds. The highest BCUT2D eigenvalue weighted by Gasteiger charge is 2.14. The third-order valence-corrected chi connectivity index (χ3v) is 7.02. The van der Waals surface area contributed by atoms with Crippen molar-refractivity contribution in [2.24, 2.45) is 0 Å². The van der Waals surface area contributed by atoms with Crippen LogP contribution >= 0.6 is 45.9 Å². The van der Waals surface area contributed by atoms with E-state index in [4.69, 9.17) is 23.2 Å². The molecule has 0 unspecified atom stereocenters.